The van der Waals surface area contributed by atoms with Crippen LogP contribution in [0.4, 0.5) is 0 Å². The number of ketones is 1. The van der Waals surface area contributed by atoms with Gasteiger partial charge in [-0.15, -0.1) is 0 Å². The van der Waals surface area contributed by atoms with Gasteiger partial charge in [0.1, 0.15) is 11.5 Å². The molecule has 1 atom stereocenters. The van der Waals surface area contributed by atoms with E-state index in [1.807, 2.05) is 36.4 Å². The molecule has 0 aliphatic heterocycles. The first-order valence-corrected chi connectivity index (χ1v) is 9.96. The molecular formula is C24H24N2O5. The molecule has 0 bridgehead atoms. The van der Waals surface area contributed by atoms with Gasteiger partial charge < -0.3 is 9.47 Å². The minimum Gasteiger partial charge on any atom is -0.484 e. The highest BCUT2D eigenvalue weighted by Gasteiger charge is 2.16. The summed E-state index contributed by atoms with van der Waals surface area (Å²) in [6.45, 7) is 3.09. The number of nitrogens with one attached hydrogen (secondary N) is 2. The smallest absolute Gasteiger partial charge is 0.279 e. The van der Waals surface area contributed by atoms with E-state index in [4.69, 9.17) is 9.47 Å². The van der Waals surface area contributed by atoms with E-state index in [9.17, 15) is 14.4 Å². The van der Waals surface area contributed by atoms with Crippen molar-refractivity contribution in [2.24, 2.45) is 0 Å². The lowest BCUT2D eigenvalue weighted by molar-refractivity contribution is -0.133. The Bertz CT molecular complexity index is 1080. The van der Waals surface area contributed by atoms with Gasteiger partial charge in [-0.25, -0.2) is 0 Å². The number of rotatable bonds is 8. The van der Waals surface area contributed by atoms with Gasteiger partial charge in [-0.2, -0.15) is 0 Å². The second kappa shape index (κ2) is 10.2. The first kappa shape index (κ1) is 21.8. The molecule has 0 unspecified atom stereocenters. The molecule has 3 aromatic carbocycles. The number of hydrogen-bond donors (Lipinski definition) is 2. The molecule has 0 fully saturated rings. The van der Waals surface area contributed by atoms with Crippen LogP contribution in [0.2, 0.25) is 0 Å². The molecule has 0 spiro atoms. The molecule has 7 heteroatoms. The molecule has 0 radical (unpaired) electrons. The minimum absolute atomic E-state index is 0.0343. The van der Waals surface area contributed by atoms with Crippen molar-refractivity contribution in [1.29, 1.82) is 0 Å². The predicted octanol–water partition coefficient (Wildman–Crippen LogP) is 3.43. The van der Waals surface area contributed by atoms with Crippen molar-refractivity contribution >= 4 is 28.4 Å². The van der Waals surface area contributed by atoms with Gasteiger partial charge in [0.05, 0.1) is 0 Å². The summed E-state index contributed by atoms with van der Waals surface area (Å²) in [5, 5.41) is 2.08. The summed E-state index contributed by atoms with van der Waals surface area (Å²) in [6, 6.07) is 19.9. The van der Waals surface area contributed by atoms with Crippen molar-refractivity contribution in [1.82, 2.24) is 10.9 Å². The summed E-state index contributed by atoms with van der Waals surface area (Å²) < 4.78 is 11.0. The number of benzene rings is 3. The molecule has 0 saturated carbocycles. The minimum atomic E-state index is -0.814. The topological polar surface area (TPSA) is 93.7 Å². The predicted molar refractivity (Wildman–Crippen MR) is 117 cm³/mol. The Kier molecular flexibility index (Phi) is 7.22. The van der Waals surface area contributed by atoms with E-state index in [2.05, 4.69) is 10.9 Å². The maximum atomic E-state index is 12.2. The van der Waals surface area contributed by atoms with Gasteiger partial charge in [0, 0.05) is 12.0 Å². The number of hydrogen-bond acceptors (Lipinski definition) is 5. The molecule has 7 nitrogen and oxygen atoms in total. The molecule has 0 aliphatic carbocycles. The summed E-state index contributed by atoms with van der Waals surface area (Å²) in [5.41, 5.74) is 5.20. The van der Waals surface area contributed by atoms with Crippen LogP contribution >= 0.6 is 0 Å². The van der Waals surface area contributed by atoms with Crippen LogP contribution in [-0.4, -0.2) is 30.3 Å². The fourth-order valence-corrected chi connectivity index (χ4v) is 2.86. The lowest BCUT2D eigenvalue weighted by atomic mass is 10.1. The normalized spacial score (nSPS) is 11.4. The number of carbonyl (C=O) groups is 3. The number of amides is 2. The number of ether oxygens (including phenoxy) is 2. The largest absolute Gasteiger partial charge is 0.484 e. The van der Waals surface area contributed by atoms with Crippen LogP contribution in [0.15, 0.2) is 66.7 Å². The third-order valence-electron chi connectivity index (χ3n) is 4.60. The standard InChI is InChI=1S/C24H24N2O5/c1-3-22(27)18-9-11-20(12-10-18)30-15-23(28)25-26-24(29)16(2)31-21-13-8-17-6-4-5-7-19(17)14-21/h4-14,16H,3,15H2,1-2H3,(H,25,28)(H,26,29)/t16-/m1/s1. The van der Waals surface area contributed by atoms with E-state index in [1.165, 1.54) is 0 Å². The van der Waals surface area contributed by atoms with Crippen molar-refractivity contribution in [3.05, 3.63) is 72.3 Å². The van der Waals surface area contributed by atoms with Gasteiger partial charge >= 0.3 is 0 Å². The third-order valence-corrected chi connectivity index (χ3v) is 4.60. The molecule has 3 aromatic rings. The Morgan fingerprint density at radius 1 is 0.871 bits per heavy atom. The summed E-state index contributed by atoms with van der Waals surface area (Å²) in [4.78, 5) is 35.7. The molecule has 2 amide bonds. The SMILES string of the molecule is CCC(=O)c1ccc(OCC(=O)NNC(=O)[C@@H](C)Oc2ccc3ccccc3c2)cc1. The molecule has 0 heterocycles. The zero-order valence-corrected chi connectivity index (χ0v) is 17.4. The van der Waals surface area contributed by atoms with Crippen LogP contribution in [0.3, 0.4) is 0 Å². The quantitative estimate of drug-likeness (QED) is 0.430. The van der Waals surface area contributed by atoms with E-state index in [-0.39, 0.29) is 12.4 Å². The van der Waals surface area contributed by atoms with E-state index in [0.29, 0.717) is 23.5 Å². The van der Waals surface area contributed by atoms with E-state index in [1.54, 1.807) is 44.2 Å². The summed E-state index contributed by atoms with van der Waals surface area (Å²) in [6.07, 6.45) is -0.392. The van der Waals surface area contributed by atoms with Crippen LogP contribution in [0, 0.1) is 0 Å². The number of Topliss-reactive ketones (excluding diaryl/α,β-unsaturated/α-hetero) is 1. The van der Waals surface area contributed by atoms with Gasteiger partial charge in [0.15, 0.2) is 18.5 Å². The fourth-order valence-electron chi connectivity index (χ4n) is 2.86. The Balaban J connectivity index is 1.43. The zero-order chi connectivity index (χ0) is 22.2. The van der Waals surface area contributed by atoms with Crippen molar-refractivity contribution in [2.45, 2.75) is 26.4 Å². The maximum absolute atomic E-state index is 12.2. The lowest BCUT2D eigenvalue weighted by Crippen LogP contribution is -2.48. The first-order chi connectivity index (χ1) is 15.0. The molecule has 31 heavy (non-hydrogen) atoms. The monoisotopic (exact) mass is 420 g/mol. The van der Waals surface area contributed by atoms with Gasteiger partial charge in [-0.3, -0.25) is 25.2 Å². The Morgan fingerprint density at radius 3 is 2.26 bits per heavy atom. The zero-order valence-electron chi connectivity index (χ0n) is 17.4. The molecule has 3 rings (SSSR count). The summed E-state index contributed by atoms with van der Waals surface area (Å²) >= 11 is 0. The van der Waals surface area contributed by atoms with Crippen LogP contribution in [-0.2, 0) is 9.59 Å². The second-order valence-corrected chi connectivity index (χ2v) is 6.90. The molecule has 0 saturated heterocycles. The maximum Gasteiger partial charge on any atom is 0.279 e. The fraction of sp³-hybridized carbons (Fsp3) is 0.208. The Hall–Kier alpha value is -3.87. The second-order valence-electron chi connectivity index (χ2n) is 6.90. The van der Waals surface area contributed by atoms with Crippen molar-refractivity contribution in [3.8, 4) is 11.5 Å². The average Bonchev–Trinajstić information content (AvgIpc) is 2.80. The molecule has 160 valence electrons. The third kappa shape index (κ3) is 6.05. The molecular weight excluding hydrogens is 396 g/mol. The highest BCUT2D eigenvalue weighted by atomic mass is 16.5. The molecule has 0 aliphatic rings. The van der Waals surface area contributed by atoms with Gasteiger partial charge in [0.25, 0.3) is 11.8 Å². The highest BCUT2D eigenvalue weighted by Crippen LogP contribution is 2.21. The van der Waals surface area contributed by atoms with Gasteiger partial charge in [0.2, 0.25) is 0 Å². The average molecular weight is 420 g/mol. The van der Waals surface area contributed by atoms with E-state index in [0.717, 1.165) is 10.8 Å². The van der Waals surface area contributed by atoms with Crippen molar-refractivity contribution in [3.63, 3.8) is 0 Å². The van der Waals surface area contributed by atoms with Crippen LogP contribution in [0.25, 0.3) is 10.8 Å². The molecule has 2 N–H and O–H groups in total. The number of hydrazine groups is 1. The number of carbonyl (C=O) groups excluding carboxylic acids is 3. The van der Waals surface area contributed by atoms with Crippen molar-refractivity contribution in [2.75, 3.05) is 6.61 Å². The first-order valence-electron chi connectivity index (χ1n) is 9.96. The van der Waals surface area contributed by atoms with Crippen LogP contribution < -0.4 is 20.3 Å². The van der Waals surface area contributed by atoms with Gasteiger partial charge in [-0.1, -0.05) is 37.3 Å². The highest BCUT2D eigenvalue weighted by molar-refractivity contribution is 5.95. The lowest BCUT2D eigenvalue weighted by Gasteiger charge is -2.15. The van der Waals surface area contributed by atoms with Crippen LogP contribution in [0.1, 0.15) is 30.6 Å². The number of fused-ring (bicyclic) bond motifs is 1. The van der Waals surface area contributed by atoms with Crippen molar-refractivity contribution < 1.29 is 23.9 Å². The van der Waals surface area contributed by atoms with E-state index >= 15 is 0 Å². The van der Waals surface area contributed by atoms with E-state index < -0.39 is 17.9 Å². The summed E-state index contributed by atoms with van der Waals surface area (Å²) in [5.74, 6) is 0.0130. The Labute approximate surface area is 180 Å². The molecule has 0 aromatic heterocycles. The van der Waals surface area contributed by atoms with Crippen LogP contribution in [0.5, 0.6) is 11.5 Å². The summed E-state index contributed by atoms with van der Waals surface area (Å²) in [7, 11) is 0. The van der Waals surface area contributed by atoms with Gasteiger partial charge in [-0.05, 0) is 54.1 Å². The Morgan fingerprint density at radius 2 is 1.55 bits per heavy atom.